The number of benzene rings is 1. The van der Waals surface area contributed by atoms with Crippen molar-refractivity contribution in [3.8, 4) is 0 Å². The molecule has 0 aliphatic rings. The van der Waals surface area contributed by atoms with Crippen LogP contribution < -0.4 is 10.6 Å². The molecule has 2 rings (SSSR count). The van der Waals surface area contributed by atoms with Crippen molar-refractivity contribution in [2.75, 3.05) is 11.9 Å². The molecule has 116 valence electrons. The number of rotatable bonds is 6. The van der Waals surface area contributed by atoms with Gasteiger partial charge in [0.05, 0.1) is 17.4 Å². The SMILES string of the molecule is CCCCNC(=O)c1cncc(Nc2cc(Cl)ccc2C)c1. The van der Waals surface area contributed by atoms with Crippen LogP contribution in [0.1, 0.15) is 35.7 Å². The number of unbranched alkanes of at least 4 members (excludes halogenated alkanes) is 1. The summed E-state index contributed by atoms with van der Waals surface area (Å²) in [6.45, 7) is 4.76. The van der Waals surface area contributed by atoms with E-state index in [4.69, 9.17) is 11.6 Å². The molecule has 22 heavy (non-hydrogen) atoms. The standard InChI is InChI=1S/C17H20ClN3O/c1-3-4-7-20-17(22)13-8-15(11-19-10-13)21-16-9-14(18)6-5-12(16)2/h5-6,8-11,21H,3-4,7H2,1-2H3,(H,20,22). The van der Waals surface area contributed by atoms with Gasteiger partial charge >= 0.3 is 0 Å². The molecule has 2 aromatic rings. The average molecular weight is 318 g/mol. The van der Waals surface area contributed by atoms with E-state index in [1.165, 1.54) is 0 Å². The maximum atomic E-state index is 12.0. The highest BCUT2D eigenvalue weighted by Crippen LogP contribution is 2.24. The molecule has 0 saturated heterocycles. The van der Waals surface area contributed by atoms with Crippen LogP contribution in [0.5, 0.6) is 0 Å². The Bertz CT molecular complexity index is 658. The lowest BCUT2D eigenvalue weighted by molar-refractivity contribution is 0.0953. The van der Waals surface area contributed by atoms with Gasteiger partial charge in [0.1, 0.15) is 0 Å². The molecule has 0 saturated carbocycles. The van der Waals surface area contributed by atoms with Crippen LogP contribution in [0.15, 0.2) is 36.7 Å². The van der Waals surface area contributed by atoms with E-state index in [1.54, 1.807) is 18.5 Å². The van der Waals surface area contributed by atoms with Crippen molar-refractivity contribution in [3.05, 3.63) is 52.8 Å². The van der Waals surface area contributed by atoms with Gasteiger partial charge in [0.2, 0.25) is 0 Å². The van der Waals surface area contributed by atoms with Crippen LogP contribution in [0.2, 0.25) is 5.02 Å². The minimum absolute atomic E-state index is 0.104. The second-order valence-electron chi connectivity index (χ2n) is 5.16. The van der Waals surface area contributed by atoms with Crippen molar-refractivity contribution in [1.82, 2.24) is 10.3 Å². The predicted molar refractivity (Wildman–Crippen MR) is 90.9 cm³/mol. The molecule has 0 aliphatic heterocycles. The van der Waals surface area contributed by atoms with E-state index >= 15 is 0 Å². The van der Waals surface area contributed by atoms with Crippen molar-refractivity contribution in [3.63, 3.8) is 0 Å². The van der Waals surface area contributed by atoms with E-state index in [0.717, 1.165) is 29.8 Å². The Kier molecular flexibility index (Phi) is 5.78. The van der Waals surface area contributed by atoms with Crippen molar-refractivity contribution >= 4 is 28.9 Å². The number of carbonyl (C=O) groups is 1. The van der Waals surface area contributed by atoms with Gasteiger partial charge in [0, 0.05) is 23.5 Å². The highest BCUT2D eigenvalue weighted by atomic mass is 35.5. The highest BCUT2D eigenvalue weighted by molar-refractivity contribution is 6.30. The van der Waals surface area contributed by atoms with Crippen LogP contribution >= 0.6 is 11.6 Å². The van der Waals surface area contributed by atoms with Crippen molar-refractivity contribution in [2.24, 2.45) is 0 Å². The van der Waals surface area contributed by atoms with Crippen molar-refractivity contribution in [1.29, 1.82) is 0 Å². The second-order valence-corrected chi connectivity index (χ2v) is 5.59. The lowest BCUT2D eigenvalue weighted by Crippen LogP contribution is -2.24. The van der Waals surface area contributed by atoms with Gasteiger partial charge in [0.25, 0.3) is 5.91 Å². The summed E-state index contributed by atoms with van der Waals surface area (Å²) in [6.07, 6.45) is 5.27. The van der Waals surface area contributed by atoms with Crippen LogP contribution in [0.4, 0.5) is 11.4 Å². The topological polar surface area (TPSA) is 54.0 Å². The van der Waals surface area contributed by atoms with Gasteiger partial charge in [-0.25, -0.2) is 0 Å². The van der Waals surface area contributed by atoms with Gasteiger partial charge in [-0.3, -0.25) is 9.78 Å². The summed E-state index contributed by atoms with van der Waals surface area (Å²) in [7, 11) is 0. The molecule has 1 amide bonds. The first-order valence-corrected chi connectivity index (χ1v) is 7.74. The van der Waals surface area contributed by atoms with Crippen LogP contribution in [0, 0.1) is 6.92 Å². The lowest BCUT2D eigenvalue weighted by atomic mass is 10.2. The Morgan fingerprint density at radius 1 is 1.27 bits per heavy atom. The molecule has 0 bridgehead atoms. The Morgan fingerprint density at radius 3 is 2.86 bits per heavy atom. The van der Waals surface area contributed by atoms with Crippen molar-refractivity contribution in [2.45, 2.75) is 26.7 Å². The molecule has 1 aromatic carbocycles. The second kappa shape index (κ2) is 7.80. The number of aryl methyl sites for hydroxylation is 1. The summed E-state index contributed by atoms with van der Waals surface area (Å²) >= 11 is 6.02. The zero-order valence-electron chi connectivity index (χ0n) is 12.8. The maximum Gasteiger partial charge on any atom is 0.252 e. The first-order valence-electron chi connectivity index (χ1n) is 7.36. The first kappa shape index (κ1) is 16.3. The molecule has 1 heterocycles. The van der Waals surface area contributed by atoms with Crippen molar-refractivity contribution < 1.29 is 4.79 Å². The third-order valence-corrected chi connectivity index (χ3v) is 3.53. The van der Waals surface area contributed by atoms with E-state index in [9.17, 15) is 4.79 Å². The minimum atomic E-state index is -0.104. The number of pyridine rings is 1. The molecule has 0 unspecified atom stereocenters. The van der Waals surface area contributed by atoms with Crippen LogP contribution in [0.25, 0.3) is 0 Å². The zero-order valence-corrected chi connectivity index (χ0v) is 13.6. The quantitative estimate of drug-likeness (QED) is 0.780. The predicted octanol–water partition coefficient (Wildman–Crippen LogP) is 4.32. The van der Waals surface area contributed by atoms with Crippen LogP contribution in [-0.2, 0) is 0 Å². The molecule has 0 fully saturated rings. The summed E-state index contributed by atoms with van der Waals surface area (Å²) in [5.41, 5.74) is 3.27. The maximum absolute atomic E-state index is 12.0. The molecule has 0 aliphatic carbocycles. The molecule has 0 spiro atoms. The highest BCUT2D eigenvalue weighted by Gasteiger charge is 2.07. The molecule has 2 N–H and O–H groups in total. The first-order chi connectivity index (χ1) is 10.6. The minimum Gasteiger partial charge on any atom is -0.354 e. The number of anilines is 2. The Labute approximate surface area is 135 Å². The molecule has 0 atom stereocenters. The number of nitrogens with zero attached hydrogens (tertiary/aromatic N) is 1. The fourth-order valence-corrected chi connectivity index (χ4v) is 2.17. The summed E-state index contributed by atoms with van der Waals surface area (Å²) in [5.74, 6) is -0.104. The molecule has 4 nitrogen and oxygen atoms in total. The Morgan fingerprint density at radius 2 is 2.09 bits per heavy atom. The Hall–Kier alpha value is -2.07. The van der Waals surface area contributed by atoms with Crippen LogP contribution in [0.3, 0.4) is 0 Å². The zero-order chi connectivity index (χ0) is 15.9. The fraction of sp³-hybridized carbons (Fsp3) is 0.294. The van der Waals surface area contributed by atoms with Gasteiger partial charge in [0.15, 0.2) is 0 Å². The summed E-state index contributed by atoms with van der Waals surface area (Å²) in [6, 6.07) is 7.43. The summed E-state index contributed by atoms with van der Waals surface area (Å²) in [4.78, 5) is 16.2. The smallest absolute Gasteiger partial charge is 0.252 e. The van der Waals surface area contributed by atoms with E-state index in [-0.39, 0.29) is 5.91 Å². The number of hydrogen-bond acceptors (Lipinski definition) is 3. The average Bonchev–Trinajstić information content (AvgIpc) is 2.51. The molecule has 5 heteroatoms. The Balaban J connectivity index is 2.11. The number of carbonyl (C=O) groups excluding carboxylic acids is 1. The summed E-state index contributed by atoms with van der Waals surface area (Å²) < 4.78 is 0. The molecule has 0 radical (unpaired) electrons. The van der Waals surface area contributed by atoms with Gasteiger partial charge in [-0.05, 0) is 37.1 Å². The summed E-state index contributed by atoms with van der Waals surface area (Å²) in [5, 5.41) is 6.79. The number of aromatic nitrogens is 1. The van der Waals surface area contributed by atoms with Gasteiger partial charge in [-0.15, -0.1) is 0 Å². The van der Waals surface area contributed by atoms with Gasteiger partial charge in [-0.2, -0.15) is 0 Å². The van der Waals surface area contributed by atoms with Gasteiger partial charge < -0.3 is 10.6 Å². The third kappa shape index (κ3) is 4.46. The molecular formula is C17H20ClN3O. The van der Waals surface area contributed by atoms with Crippen LogP contribution in [-0.4, -0.2) is 17.4 Å². The van der Waals surface area contributed by atoms with E-state index in [0.29, 0.717) is 17.1 Å². The van der Waals surface area contributed by atoms with E-state index in [2.05, 4.69) is 22.5 Å². The number of hydrogen-bond donors (Lipinski definition) is 2. The van der Waals surface area contributed by atoms with E-state index in [1.807, 2.05) is 25.1 Å². The lowest BCUT2D eigenvalue weighted by Gasteiger charge is -2.11. The molecular weight excluding hydrogens is 298 g/mol. The number of amides is 1. The fourth-order valence-electron chi connectivity index (χ4n) is 2.00. The largest absolute Gasteiger partial charge is 0.354 e. The number of nitrogens with one attached hydrogen (secondary N) is 2. The third-order valence-electron chi connectivity index (χ3n) is 3.29. The molecule has 1 aromatic heterocycles. The van der Waals surface area contributed by atoms with Gasteiger partial charge in [-0.1, -0.05) is 31.0 Å². The van der Waals surface area contributed by atoms with E-state index < -0.39 is 0 Å². The number of halogens is 1. The normalized spacial score (nSPS) is 10.3. The monoisotopic (exact) mass is 317 g/mol.